The van der Waals surface area contributed by atoms with E-state index in [1.54, 1.807) is 0 Å². The summed E-state index contributed by atoms with van der Waals surface area (Å²) in [6.07, 6.45) is 0.865. The van der Waals surface area contributed by atoms with E-state index >= 15 is 0 Å². The second-order valence-corrected chi connectivity index (χ2v) is 6.08. The summed E-state index contributed by atoms with van der Waals surface area (Å²) < 4.78 is 5.42. The van der Waals surface area contributed by atoms with E-state index in [9.17, 15) is 4.79 Å². The predicted molar refractivity (Wildman–Crippen MR) is 69.1 cm³/mol. The Labute approximate surface area is 105 Å². The van der Waals surface area contributed by atoms with Crippen LogP contribution in [0.2, 0.25) is 0 Å². The molecule has 1 N–H and O–H groups in total. The Morgan fingerprint density at radius 1 is 1.41 bits per heavy atom. The van der Waals surface area contributed by atoms with Gasteiger partial charge in [0.2, 0.25) is 0 Å². The van der Waals surface area contributed by atoms with Crippen molar-refractivity contribution in [3.05, 3.63) is 0 Å². The number of ether oxygens (including phenoxy) is 1. The van der Waals surface area contributed by atoms with Crippen LogP contribution in [0, 0.1) is 5.92 Å². The van der Waals surface area contributed by atoms with E-state index in [-0.39, 0.29) is 12.1 Å². The van der Waals surface area contributed by atoms with Gasteiger partial charge in [-0.2, -0.15) is 0 Å². The second-order valence-electron chi connectivity index (χ2n) is 6.08. The largest absolute Gasteiger partial charge is 0.444 e. The van der Waals surface area contributed by atoms with Crippen molar-refractivity contribution in [1.29, 1.82) is 0 Å². The highest BCUT2D eigenvalue weighted by atomic mass is 16.6. The number of hydrogen-bond donors (Lipinski definition) is 1. The van der Waals surface area contributed by atoms with Gasteiger partial charge in [-0.15, -0.1) is 0 Å². The Balaban J connectivity index is 2.43. The van der Waals surface area contributed by atoms with Crippen LogP contribution in [0.1, 0.15) is 41.0 Å². The molecular formula is C13H26N2O2. The van der Waals surface area contributed by atoms with E-state index in [2.05, 4.69) is 5.32 Å². The molecule has 1 rings (SSSR count). The standard InChI is InChI=1S/C13H26N2O2/c1-10(2)15(7-6-11-8-14-9-11)12(16)17-13(3,4)5/h10-11,14H,6-9H2,1-5H3. The maximum Gasteiger partial charge on any atom is 0.410 e. The highest BCUT2D eigenvalue weighted by Gasteiger charge is 2.25. The molecule has 0 unspecified atom stereocenters. The number of carbonyl (C=O) groups excluding carboxylic acids is 1. The zero-order valence-corrected chi connectivity index (χ0v) is 11.7. The molecule has 0 aromatic carbocycles. The van der Waals surface area contributed by atoms with Crippen molar-refractivity contribution in [3.63, 3.8) is 0 Å². The van der Waals surface area contributed by atoms with E-state index in [0.717, 1.165) is 32.0 Å². The molecule has 1 aliphatic rings. The molecule has 4 nitrogen and oxygen atoms in total. The van der Waals surface area contributed by atoms with Crippen molar-refractivity contribution in [2.75, 3.05) is 19.6 Å². The summed E-state index contributed by atoms with van der Waals surface area (Å²) in [6, 6.07) is 0.192. The van der Waals surface area contributed by atoms with Gasteiger partial charge in [-0.25, -0.2) is 4.79 Å². The Morgan fingerprint density at radius 2 is 2.00 bits per heavy atom. The molecule has 0 aromatic rings. The van der Waals surface area contributed by atoms with Crippen molar-refractivity contribution in [2.24, 2.45) is 5.92 Å². The molecule has 4 heteroatoms. The average Bonchev–Trinajstić information content (AvgIpc) is 2.04. The number of nitrogens with one attached hydrogen (secondary N) is 1. The van der Waals surface area contributed by atoms with Crippen molar-refractivity contribution in [1.82, 2.24) is 10.2 Å². The molecule has 0 radical (unpaired) electrons. The molecule has 0 aromatic heterocycles. The molecule has 1 amide bonds. The lowest BCUT2D eigenvalue weighted by Crippen LogP contribution is -2.46. The van der Waals surface area contributed by atoms with Gasteiger partial charge in [0.05, 0.1) is 0 Å². The fraction of sp³-hybridized carbons (Fsp3) is 0.923. The predicted octanol–water partition coefficient (Wildman–Crippen LogP) is 2.24. The van der Waals surface area contributed by atoms with E-state index in [1.807, 2.05) is 39.5 Å². The normalized spacial score (nSPS) is 16.8. The number of amides is 1. The topological polar surface area (TPSA) is 41.6 Å². The molecule has 0 spiro atoms. The first-order valence-corrected chi connectivity index (χ1v) is 6.50. The summed E-state index contributed by atoms with van der Waals surface area (Å²) >= 11 is 0. The Kier molecular flexibility index (Phi) is 4.80. The molecule has 0 atom stereocenters. The van der Waals surface area contributed by atoms with Gasteiger partial charge in [-0.05, 0) is 60.0 Å². The molecule has 17 heavy (non-hydrogen) atoms. The Morgan fingerprint density at radius 3 is 2.35 bits per heavy atom. The molecule has 0 aliphatic carbocycles. The molecule has 1 fully saturated rings. The third-order valence-electron chi connectivity index (χ3n) is 2.90. The van der Waals surface area contributed by atoms with Gasteiger partial charge in [0.1, 0.15) is 5.60 Å². The number of rotatable bonds is 4. The molecule has 100 valence electrons. The van der Waals surface area contributed by atoms with Crippen LogP contribution in [0.3, 0.4) is 0 Å². The lowest BCUT2D eigenvalue weighted by molar-refractivity contribution is 0.0175. The van der Waals surface area contributed by atoms with Crippen LogP contribution < -0.4 is 5.32 Å². The zero-order chi connectivity index (χ0) is 13.1. The number of hydrogen-bond acceptors (Lipinski definition) is 3. The van der Waals surface area contributed by atoms with Gasteiger partial charge >= 0.3 is 6.09 Å². The fourth-order valence-electron chi connectivity index (χ4n) is 1.76. The summed E-state index contributed by atoms with van der Waals surface area (Å²) in [5.74, 6) is 0.721. The van der Waals surface area contributed by atoms with Gasteiger partial charge in [-0.3, -0.25) is 0 Å². The SMILES string of the molecule is CC(C)N(CCC1CNC1)C(=O)OC(C)(C)C. The van der Waals surface area contributed by atoms with E-state index < -0.39 is 5.60 Å². The summed E-state index contributed by atoms with van der Waals surface area (Å²) in [6.45, 7) is 12.7. The van der Waals surface area contributed by atoms with Crippen LogP contribution in [-0.4, -0.2) is 42.3 Å². The second kappa shape index (κ2) is 5.71. The van der Waals surface area contributed by atoms with Crippen LogP contribution in [0.15, 0.2) is 0 Å². The first kappa shape index (κ1) is 14.3. The first-order chi connectivity index (χ1) is 7.79. The van der Waals surface area contributed by atoms with Crippen LogP contribution >= 0.6 is 0 Å². The minimum Gasteiger partial charge on any atom is -0.444 e. The smallest absolute Gasteiger partial charge is 0.410 e. The average molecular weight is 242 g/mol. The van der Waals surface area contributed by atoms with Crippen molar-refractivity contribution >= 4 is 6.09 Å². The first-order valence-electron chi connectivity index (χ1n) is 6.50. The number of carbonyl (C=O) groups is 1. The molecule has 0 bridgehead atoms. The molecule has 1 aliphatic heterocycles. The Bertz CT molecular complexity index is 255. The van der Waals surface area contributed by atoms with E-state index in [0.29, 0.717) is 0 Å². The fourth-order valence-corrected chi connectivity index (χ4v) is 1.76. The van der Waals surface area contributed by atoms with Gasteiger partial charge < -0.3 is 15.0 Å². The van der Waals surface area contributed by atoms with Gasteiger partial charge in [0, 0.05) is 12.6 Å². The minimum atomic E-state index is -0.414. The lowest BCUT2D eigenvalue weighted by Gasteiger charge is -2.33. The monoisotopic (exact) mass is 242 g/mol. The quantitative estimate of drug-likeness (QED) is 0.822. The van der Waals surface area contributed by atoms with Crippen LogP contribution in [0.4, 0.5) is 4.79 Å². The number of nitrogens with zero attached hydrogens (tertiary/aromatic N) is 1. The summed E-state index contributed by atoms with van der Waals surface area (Å²) in [5, 5.41) is 3.25. The molecule has 1 saturated heterocycles. The van der Waals surface area contributed by atoms with Crippen molar-refractivity contribution in [2.45, 2.75) is 52.7 Å². The zero-order valence-electron chi connectivity index (χ0n) is 11.7. The maximum absolute atomic E-state index is 12.0. The lowest BCUT2D eigenvalue weighted by atomic mass is 9.99. The van der Waals surface area contributed by atoms with Gasteiger partial charge in [0.15, 0.2) is 0 Å². The summed E-state index contributed by atoms with van der Waals surface area (Å²) in [4.78, 5) is 13.8. The van der Waals surface area contributed by atoms with Crippen molar-refractivity contribution < 1.29 is 9.53 Å². The highest BCUT2D eigenvalue weighted by Crippen LogP contribution is 2.15. The van der Waals surface area contributed by atoms with E-state index in [1.165, 1.54) is 0 Å². The van der Waals surface area contributed by atoms with Crippen LogP contribution in [0.25, 0.3) is 0 Å². The summed E-state index contributed by atoms with van der Waals surface area (Å²) in [5.41, 5.74) is -0.414. The third kappa shape index (κ3) is 4.94. The maximum atomic E-state index is 12.0. The van der Waals surface area contributed by atoms with Gasteiger partial charge in [-0.1, -0.05) is 0 Å². The van der Waals surface area contributed by atoms with E-state index in [4.69, 9.17) is 4.74 Å². The third-order valence-corrected chi connectivity index (χ3v) is 2.90. The summed E-state index contributed by atoms with van der Waals surface area (Å²) in [7, 11) is 0. The Hall–Kier alpha value is -0.770. The highest BCUT2D eigenvalue weighted by molar-refractivity contribution is 5.68. The van der Waals surface area contributed by atoms with Crippen LogP contribution in [-0.2, 0) is 4.74 Å². The van der Waals surface area contributed by atoms with Gasteiger partial charge in [0.25, 0.3) is 0 Å². The van der Waals surface area contributed by atoms with Crippen LogP contribution in [0.5, 0.6) is 0 Å². The molecule has 0 saturated carbocycles. The molecular weight excluding hydrogens is 216 g/mol. The minimum absolute atomic E-state index is 0.192. The van der Waals surface area contributed by atoms with Crippen molar-refractivity contribution in [3.8, 4) is 0 Å². The molecule has 1 heterocycles.